The first kappa shape index (κ1) is 19.7. The Morgan fingerprint density at radius 2 is 1.67 bits per heavy atom. The fraction of sp³-hybridized carbons (Fsp3) is 0.217. The summed E-state index contributed by atoms with van der Waals surface area (Å²) >= 11 is 0. The van der Waals surface area contributed by atoms with Crippen molar-refractivity contribution < 1.29 is 24.1 Å². The van der Waals surface area contributed by atoms with Crippen LogP contribution in [0.4, 0.5) is 4.79 Å². The Morgan fingerprint density at radius 3 is 2.23 bits per heavy atom. The number of carbonyl (C=O) groups excluding carboxylic acids is 1. The number of benzene rings is 2. The molecule has 0 bridgehead atoms. The summed E-state index contributed by atoms with van der Waals surface area (Å²) < 4.78 is 16.1. The van der Waals surface area contributed by atoms with Crippen molar-refractivity contribution in [3.63, 3.8) is 0 Å². The summed E-state index contributed by atoms with van der Waals surface area (Å²) in [6, 6.07) is 17.6. The first-order chi connectivity index (χ1) is 14.6. The molecule has 0 spiro atoms. The molecule has 154 valence electrons. The molecule has 2 atom stereocenters. The summed E-state index contributed by atoms with van der Waals surface area (Å²) in [5, 5.41) is 11.9. The zero-order valence-electron chi connectivity index (χ0n) is 16.7. The Bertz CT molecular complexity index is 1010. The fourth-order valence-corrected chi connectivity index (χ4v) is 3.61. The topological polar surface area (TPSA) is 81.1 Å². The monoisotopic (exact) mass is 406 g/mol. The van der Waals surface area contributed by atoms with E-state index in [9.17, 15) is 9.90 Å². The van der Waals surface area contributed by atoms with E-state index in [1.807, 2.05) is 6.07 Å². The third kappa shape index (κ3) is 3.44. The smallest absolute Gasteiger partial charge is 0.413 e. The standard InChI is InChI=1S/C23H22N2O5/c1-28-19-9-5-17(6-10-19)21-23(27,18-7-11-20(29-2)12-8-18)25(22(26)30-21)15-16-4-3-13-24-14-16/h3-14,21,27H,15H2,1-2H3/t21-,23-/m0/s1. The number of pyridine rings is 1. The van der Waals surface area contributed by atoms with Gasteiger partial charge in [-0.05, 0) is 41.5 Å². The number of rotatable bonds is 6. The molecule has 1 aliphatic rings. The Hall–Kier alpha value is -3.58. The van der Waals surface area contributed by atoms with Gasteiger partial charge in [-0.25, -0.2) is 4.79 Å². The number of hydrogen-bond acceptors (Lipinski definition) is 6. The number of carbonyl (C=O) groups is 1. The lowest BCUT2D eigenvalue weighted by Gasteiger charge is -2.34. The van der Waals surface area contributed by atoms with Crippen LogP contribution in [-0.4, -0.2) is 35.3 Å². The lowest BCUT2D eigenvalue weighted by molar-refractivity contribution is -0.113. The molecule has 1 amide bonds. The van der Waals surface area contributed by atoms with Gasteiger partial charge in [-0.3, -0.25) is 9.88 Å². The van der Waals surface area contributed by atoms with E-state index >= 15 is 0 Å². The average Bonchev–Trinajstić information content (AvgIpc) is 3.06. The molecule has 1 saturated heterocycles. The lowest BCUT2D eigenvalue weighted by Crippen LogP contribution is -2.45. The van der Waals surface area contributed by atoms with Crippen LogP contribution < -0.4 is 9.47 Å². The van der Waals surface area contributed by atoms with E-state index in [4.69, 9.17) is 14.2 Å². The van der Waals surface area contributed by atoms with Crippen molar-refractivity contribution in [2.75, 3.05) is 14.2 Å². The number of hydrogen-bond donors (Lipinski definition) is 1. The van der Waals surface area contributed by atoms with Gasteiger partial charge in [-0.15, -0.1) is 0 Å². The second-order valence-corrected chi connectivity index (χ2v) is 6.94. The molecule has 0 saturated carbocycles. The molecule has 1 fully saturated rings. The third-order valence-corrected chi connectivity index (χ3v) is 5.21. The van der Waals surface area contributed by atoms with Crippen molar-refractivity contribution in [3.8, 4) is 11.5 Å². The highest BCUT2D eigenvalue weighted by atomic mass is 16.6. The molecule has 3 aromatic rings. The molecule has 2 aromatic carbocycles. The van der Waals surface area contributed by atoms with Gasteiger partial charge >= 0.3 is 6.09 Å². The highest BCUT2D eigenvalue weighted by Crippen LogP contribution is 2.47. The Balaban J connectivity index is 1.79. The van der Waals surface area contributed by atoms with Crippen LogP contribution in [-0.2, 0) is 17.0 Å². The van der Waals surface area contributed by atoms with Crippen molar-refractivity contribution in [2.45, 2.75) is 18.4 Å². The Morgan fingerprint density at radius 1 is 1.03 bits per heavy atom. The molecule has 0 aliphatic carbocycles. The van der Waals surface area contributed by atoms with Crippen LogP contribution in [0.2, 0.25) is 0 Å². The first-order valence-electron chi connectivity index (χ1n) is 9.44. The zero-order chi connectivity index (χ0) is 21.1. The number of amides is 1. The van der Waals surface area contributed by atoms with Crippen LogP contribution in [0.25, 0.3) is 0 Å². The second kappa shape index (κ2) is 8.04. The average molecular weight is 406 g/mol. The van der Waals surface area contributed by atoms with Crippen LogP contribution in [0.15, 0.2) is 73.1 Å². The molecule has 7 heteroatoms. The number of nitrogens with zero attached hydrogens (tertiary/aromatic N) is 2. The minimum absolute atomic E-state index is 0.141. The summed E-state index contributed by atoms with van der Waals surface area (Å²) in [5.74, 6) is 1.32. The van der Waals surface area contributed by atoms with Crippen molar-refractivity contribution in [1.82, 2.24) is 9.88 Å². The molecule has 0 unspecified atom stereocenters. The van der Waals surface area contributed by atoms with Gasteiger partial charge in [0, 0.05) is 18.0 Å². The van der Waals surface area contributed by atoms with Gasteiger partial charge in [-0.2, -0.15) is 0 Å². The number of aliphatic hydroxyl groups is 1. The SMILES string of the molecule is COc1ccc([C@@H]2OC(=O)N(Cc3cccnc3)[C@]2(O)c2ccc(OC)cc2)cc1. The molecule has 30 heavy (non-hydrogen) atoms. The van der Waals surface area contributed by atoms with E-state index < -0.39 is 17.9 Å². The van der Waals surface area contributed by atoms with Crippen LogP contribution in [0.3, 0.4) is 0 Å². The van der Waals surface area contributed by atoms with Crippen molar-refractivity contribution in [1.29, 1.82) is 0 Å². The van der Waals surface area contributed by atoms with Gasteiger partial charge in [0.25, 0.3) is 0 Å². The first-order valence-corrected chi connectivity index (χ1v) is 9.44. The lowest BCUT2D eigenvalue weighted by atomic mass is 9.91. The molecular weight excluding hydrogens is 384 g/mol. The molecule has 4 rings (SSSR count). The number of methoxy groups -OCH3 is 2. The summed E-state index contributed by atoms with van der Waals surface area (Å²) in [5.41, 5.74) is 0.208. The maximum absolute atomic E-state index is 12.9. The Labute approximate surface area is 174 Å². The van der Waals surface area contributed by atoms with Gasteiger partial charge < -0.3 is 19.3 Å². The quantitative estimate of drug-likeness (QED) is 0.673. The van der Waals surface area contributed by atoms with Gasteiger partial charge in [0.2, 0.25) is 5.72 Å². The van der Waals surface area contributed by atoms with Crippen LogP contribution in [0.1, 0.15) is 22.8 Å². The van der Waals surface area contributed by atoms with Gasteiger partial charge in [0.1, 0.15) is 11.5 Å². The Kier molecular flexibility index (Phi) is 5.29. The molecule has 1 N–H and O–H groups in total. The van der Waals surface area contributed by atoms with E-state index in [-0.39, 0.29) is 6.54 Å². The van der Waals surface area contributed by atoms with E-state index in [1.54, 1.807) is 81.2 Å². The fourth-order valence-electron chi connectivity index (χ4n) is 3.61. The minimum Gasteiger partial charge on any atom is -0.497 e. The molecule has 1 aliphatic heterocycles. The summed E-state index contributed by atoms with van der Waals surface area (Å²) in [6.45, 7) is 0.141. The van der Waals surface area contributed by atoms with Crippen LogP contribution >= 0.6 is 0 Å². The molecular formula is C23H22N2O5. The largest absolute Gasteiger partial charge is 0.497 e. The second-order valence-electron chi connectivity index (χ2n) is 6.94. The summed E-state index contributed by atoms with van der Waals surface area (Å²) in [6.07, 6.45) is 1.77. The van der Waals surface area contributed by atoms with Crippen molar-refractivity contribution in [2.24, 2.45) is 0 Å². The van der Waals surface area contributed by atoms with E-state index in [0.29, 0.717) is 22.6 Å². The molecule has 0 radical (unpaired) electrons. The zero-order valence-corrected chi connectivity index (χ0v) is 16.7. The summed E-state index contributed by atoms with van der Waals surface area (Å²) in [4.78, 5) is 18.3. The maximum atomic E-state index is 12.9. The van der Waals surface area contributed by atoms with Gasteiger partial charge in [0.05, 0.1) is 20.8 Å². The van der Waals surface area contributed by atoms with Crippen molar-refractivity contribution in [3.05, 3.63) is 89.7 Å². The normalized spacial score (nSPS) is 20.7. The number of ether oxygens (including phenoxy) is 3. The third-order valence-electron chi connectivity index (χ3n) is 5.21. The van der Waals surface area contributed by atoms with Crippen LogP contribution in [0.5, 0.6) is 11.5 Å². The van der Waals surface area contributed by atoms with Gasteiger partial charge in [0.15, 0.2) is 6.10 Å². The van der Waals surface area contributed by atoms with Gasteiger partial charge in [-0.1, -0.05) is 30.3 Å². The number of cyclic esters (lactones) is 1. The maximum Gasteiger partial charge on any atom is 0.413 e. The minimum atomic E-state index is -1.73. The highest BCUT2D eigenvalue weighted by molar-refractivity contribution is 5.72. The van der Waals surface area contributed by atoms with E-state index in [1.165, 1.54) is 4.90 Å². The molecule has 1 aromatic heterocycles. The molecule has 2 heterocycles. The van der Waals surface area contributed by atoms with E-state index in [0.717, 1.165) is 5.56 Å². The predicted molar refractivity (Wildman–Crippen MR) is 109 cm³/mol. The molecule has 7 nitrogen and oxygen atoms in total. The predicted octanol–water partition coefficient (Wildman–Crippen LogP) is 3.64. The number of aromatic nitrogens is 1. The van der Waals surface area contributed by atoms with Crippen LogP contribution in [0, 0.1) is 0 Å². The summed E-state index contributed by atoms with van der Waals surface area (Å²) in [7, 11) is 3.15. The van der Waals surface area contributed by atoms with E-state index in [2.05, 4.69) is 4.98 Å². The van der Waals surface area contributed by atoms with Crippen molar-refractivity contribution >= 4 is 6.09 Å². The highest BCUT2D eigenvalue weighted by Gasteiger charge is 2.56.